The van der Waals surface area contributed by atoms with Crippen molar-refractivity contribution in [3.05, 3.63) is 64.9 Å². The van der Waals surface area contributed by atoms with Gasteiger partial charge in [0.15, 0.2) is 0 Å². The fourth-order valence-corrected chi connectivity index (χ4v) is 4.26. The lowest BCUT2D eigenvalue weighted by molar-refractivity contribution is -0.111. The number of ether oxygens (including phenoxy) is 1. The van der Waals surface area contributed by atoms with Gasteiger partial charge in [-0.2, -0.15) is 4.31 Å². The third kappa shape index (κ3) is 4.96. The Bertz CT molecular complexity index is 987. The van der Waals surface area contributed by atoms with Crippen LogP contribution in [0.3, 0.4) is 0 Å². The van der Waals surface area contributed by atoms with E-state index in [4.69, 9.17) is 16.3 Å². The molecule has 3 rings (SSSR count). The number of amides is 1. The van der Waals surface area contributed by atoms with Crippen LogP contribution in [0.2, 0.25) is 5.02 Å². The van der Waals surface area contributed by atoms with E-state index in [2.05, 4.69) is 5.32 Å². The predicted octanol–water partition coefficient (Wildman–Crippen LogP) is 3.15. The van der Waals surface area contributed by atoms with Crippen LogP contribution < -0.4 is 5.32 Å². The lowest BCUT2D eigenvalue weighted by Crippen LogP contribution is -2.40. The van der Waals surface area contributed by atoms with Crippen molar-refractivity contribution in [2.45, 2.75) is 4.90 Å². The summed E-state index contributed by atoms with van der Waals surface area (Å²) >= 11 is 5.81. The monoisotopic (exact) mass is 424 g/mol. The highest BCUT2D eigenvalue weighted by molar-refractivity contribution is 7.89. The molecule has 1 aliphatic heterocycles. The Hall–Kier alpha value is -2.26. The molecular formula is C19H18ClFN2O4S. The summed E-state index contributed by atoms with van der Waals surface area (Å²) in [5.41, 5.74) is 0.952. The number of rotatable bonds is 5. The average molecular weight is 425 g/mol. The van der Waals surface area contributed by atoms with Crippen molar-refractivity contribution < 1.29 is 22.3 Å². The number of carbonyl (C=O) groups is 1. The van der Waals surface area contributed by atoms with Crippen molar-refractivity contribution >= 4 is 39.3 Å². The van der Waals surface area contributed by atoms with Gasteiger partial charge in [0.25, 0.3) is 0 Å². The minimum Gasteiger partial charge on any atom is -0.379 e. The Morgan fingerprint density at radius 3 is 2.50 bits per heavy atom. The molecule has 0 spiro atoms. The first-order valence-corrected chi connectivity index (χ1v) is 10.3. The Kier molecular flexibility index (Phi) is 6.46. The summed E-state index contributed by atoms with van der Waals surface area (Å²) in [6, 6.07) is 10.3. The number of hydrogen-bond acceptors (Lipinski definition) is 4. The van der Waals surface area contributed by atoms with Crippen LogP contribution in [0, 0.1) is 5.82 Å². The summed E-state index contributed by atoms with van der Waals surface area (Å²) in [5, 5.41) is 3.13. The number of hydrogen-bond donors (Lipinski definition) is 1. The van der Waals surface area contributed by atoms with E-state index >= 15 is 0 Å². The highest BCUT2D eigenvalue weighted by Crippen LogP contribution is 2.24. The van der Waals surface area contributed by atoms with Gasteiger partial charge in [-0.15, -0.1) is 0 Å². The molecule has 1 N–H and O–H groups in total. The molecule has 1 aliphatic rings. The van der Waals surface area contributed by atoms with Crippen molar-refractivity contribution in [2.24, 2.45) is 0 Å². The van der Waals surface area contributed by atoms with Crippen LogP contribution in [-0.4, -0.2) is 44.9 Å². The normalized spacial score (nSPS) is 15.6. The predicted molar refractivity (Wildman–Crippen MR) is 105 cm³/mol. The number of benzene rings is 2. The first kappa shape index (κ1) is 20.5. The van der Waals surface area contributed by atoms with Crippen LogP contribution >= 0.6 is 11.6 Å². The van der Waals surface area contributed by atoms with Crippen molar-refractivity contribution in [2.75, 3.05) is 31.6 Å². The number of sulfonamides is 1. The van der Waals surface area contributed by atoms with Crippen molar-refractivity contribution in [1.82, 2.24) is 4.31 Å². The summed E-state index contributed by atoms with van der Waals surface area (Å²) in [6.07, 6.45) is 2.88. The third-order valence-corrected chi connectivity index (χ3v) is 6.25. The summed E-state index contributed by atoms with van der Waals surface area (Å²) < 4.78 is 45.8. The Morgan fingerprint density at radius 1 is 1.14 bits per heavy atom. The van der Waals surface area contributed by atoms with Crippen LogP contribution in [0.15, 0.2) is 53.4 Å². The molecule has 2 aromatic rings. The minimum atomic E-state index is -4.01. The maximum Gasteiger partial charge on any atom is 0.248 e. The van der Waals surface area contributed by atoms with Crippen LogP contribution in [0.4, 0.5) is 10.1 Å². The molecule has 148 valence electrons. The summed E-state index contributed by atoms with van der Waals surface area (Å²) in [4.78, 5) is 11.6. The van der Waals surface area contributed by atoms with Crippen molar-refractivity contribution in [3.8, 4) is 0 Å². The Morgan fingerprint density at radius 2 is 1.82 bits per heavy atom. The quantitative estimate of drug-likeness (QED) is 0.748. The second-order valence-corrected chi connectivity index (χ2v) is 8.38. The highest BCUT2D eigenvalue weighted by Gasteiger charge is 2.29. The number of nitrogens with one attached hydrogen (secondary N) is 1. The maximum absolute atomic E-state index is 14.2. The molecule has 28 heavy (non-hydrogen) atoms. The second-order valence-electron chi connectivity index (χ2n) is 6.04. The molecule has 1 heterocycles. The number of carbonyl (C=O) groups excluding carboxylic acids is 1. The van der Waals surface area contributed by atoms with Gasteiger partial charge in [-0.25, -0.2) is 12.8 Å². The molecule has 6 nitrogen and oxygen atoms in total. The van der Waals surface area contributed by atoms with Gasteiger partial charge in [0.2, 0.25) is 15.9 Å². The third-order valence-electron chi connectivity index (χ3n) is 4.08. The Labute approximate surface area is 167 Å². The van der Waals surface area contributed by atoms with E-state index in [1.54, 1.807) is 30.3 Å². The molecule has 1 fully saturated rings. The summed E-state index contributed by atoms with van der Waals surface area (Å²) in [6.45, 7) is 0.823. The van der Waals surface area contributed by atoms with Crippen LogP contribution in [-0.2, 0) is 19.6 Å². The highest BCUT2D eigenvalue weighted by atomic mass is 35.5. The molecule has 1 saturated heterocycles. The molecule has 0 atom stereocenters. The molecule has 0 aromatic heterocycles. The zero-order valence-electron chi connectivity index (χ0n) is 14.8. The molecule has 9 heteroatoms. The van der Waals surface area contributed by atoms with E-state index in [0.717, 1.165) is 17.7 Å². The molecular weight excluding hydrogens is 407 g/mol. The SMILES string of the molecule is O=C(/C=C/c1ccc(Cl)cc1)Nc1ccc(F)c(S(=O)(=O)N2CCOCC2)c1. The fraction of sp³-hybridized carbons (Fsp3) is 0.211. The van der Waals surface area contributed by atoms with Gasteiger partial charge in [-0.05, 0) is 42.0 Å². The molecule has 2 aromatic carbocycles. The number of halogens is 2. The van der Waals surface area contributed by atoms with Gasteiger partial charge in [0.1, 0.15) is 10.7 Å². The van der Waals surface area contributed by atoms with Gasteiger partial charge in [0, 0.05) is 29.9 Å². The maximum atomic E-state index is 14.2. The Balaban J connectivity index is 1.75. The zero-order valence-corrected chi connectivity index (χ0v) is 16.3. The van der Waals surface area contributed by atoms with E-state index in [-0.39, 0.29) is 32.0 Å². The first-order chi connectivity index (χ1) is 13.4. The van der Waals surface area contributed by atoms with Gasteiger partial charge >= 0.3 is 0 Å². The minimum absolute atomic E-state index is 0.155. The molecule has 0 unspecified atom stereocenters. The van der Waals surface area contributed by atoms with Crippen LogP contribution in [0.5, 0.6) is 0 Å². The van der Waals surface area contributed by atoms with E-state index in [0.29, 0.717) is 5.02 Å². The molecule has 0 saturated carbocycles. The van der Waals surface area contributed by atoms with E-state index in [9.17, 15) is 17.6 Å². The lowest BCUT2D eigenvalue weighted by atomic mass is 10.2. The van der Waals surface area contributed by atoms with E-state index in [1.165, 1.54) is 16.4 Å². The van der Waals surface area contributed by atoms with Crippen molar-refractivity contribution in [3.63, 3.8) is 0 Å². The molecule has 1 amide bonds. The largest absolute Gasteiger partial charge is 0.379 e. The zero-order chi connectivity index (χ0) is 20.1. The van der Waals surface area contributed by atoms with E-state index < -0.39 is 26.6 Å². The smallest absolute Gasteiger partial charge is 0.248 e. The summed E-state index contributed by atoms with van der Waals surface area (Å²) in [7, 11) is -4.01. The first-order valence-electron chi connectivity index (χ1n) is 8.48. The van der Waals surface area contributed by atoms with Gasteiger partial charge in [-0.3, -0.25) is 4.79 Å². The lowest BCUT2D eigenvalue weighted by Gasteiger charge is -2.26. The fourth-order valence-electron chi connectivity index (χ4n) is 2.63. The molecule has 0 aliphatic carbocycles. The van der Waals surface area contributed by atoms with Crippen molar-refractivity contribution in [1.29, 1.82) is 0 Å². The standard InChI is InChI=1S/C19H18ClFN2O4S/c20-15-4-1-14(2-5-15)3-8-19(24)22-16-6-7-17(21)18(13-16)28(25,26)23-9-11-27-12-10-23/h1-8,13H,9-12H2,(H,22,24)/b8-3+. The topological polar surface area (TPSA) is 75.7 Å². The van der Waals surface area contributed by atoms with Gasteiger partial charge in [-0.1, -0.05) is 23.7 Å². The number of nitrogens with zero attached hydrogens (tertiary/aromatic N) is 1. The number of anilines is 1. The number of morpholine rings is 1. The second kappa shape index (κ2) is 8.83. The summed E-state index contributed by atoms with van der Waals surface area (Å²) in [5.74, 6) is -1.35. The van der Waals surface area contributed by atoms with Gasteiger partial charge in [0.05, 0.1) is 13.2 Å². The van der Waals surface area contributed by atoms with Gasteiger partial charge < -0.3 is 10.1 Å². The molecule has 0 bridgehead atoms. The molecule has 0 radical (unpaired) electrons. The van der Waals surface area contributed by atoms with Crippen LogP contribution in [0.25, 0.3) is 6.08 Å². The van der Waals surface area contributed by atoms with Crippen LogP contribution in [0.1, 0.15) is 5.56 Å². The van der Waals surface area contributed by atoms with E-state index in [1.807, 2.05) is 0 Å². The average Bonchev–Trinajstić information content (AvgIpc) is 2.69.